The molecule has 0 spiro atoms. The maximum Gasteiger partial charge on any atom is 0.261 e. The summed E-state index contributed by atoms with van der Waals surface area (Å²) in [6, 6.07) is 10.8. The largest absolute Gasteiger partial charge is 0.390 e. The van der Waals surface area contributed by atoms with Crippen LogP contribution in [0.2, 0.25) is 4.34 Å². The maximum atomic E-state index is 12.7. The zero-order chi connectivity index (χ0) is 23.1. The van der Waals surface area contributed by atoms with Crippen molar-refractivity contribution in [1.29, 1.82) is 0 Å². The summed E-state index contributed by atoms with van der Waals surface area (Å²) < 4.78 is 0.579. The Morgan fingerprint density at radius 1 is 1.16 bits per heavy atom. The van der Waals surface area contributed by atoms with Gasteiger partial charge >= 0.3 is 0 Å². The van der Waals surface area contributed by atoms with E-state index in [-0.39, 0.29) is 17.9 Å². The smallest absolute Gasteiger partial charge is 0.261 e. The number of thiophene rings is 1. The molecule has 1 aliphatic heterocycles. The zero-order valence-corrected chi connectivity index (χ0v) is 20.2. The van der Waals surface area contributed by atoms with Crippen molar-refractivity contribution in [2.75, 3.05) is 39.8 Å². The molecule has 1 N–H and O–H groups in total. The van der Waals surface area contributed by atoms with E-state index >= 15 is 0 Å². The second-order valence-electron chi connectivity index (χ2n) is 7.61. The van der Waals surface area contributed by atoms with E-state index in [9.17, 15) is 9.59 Å². The van der Waals surface area contributed by atoms with Gasteiger partial charge in [-0.1, -0.05) is 42.7 Å². The molecule has 0 saturated carbocycles. The summed E-state index contributed by atoms with van der Waals surface area (Å²) in [5.74, 6) is -0.172. The summed E-state index contributed by atoms with van der Waals surface area (Å²) in [5, 5.41) is 7.02. The van der Waals surface area contributed by atoms with E-state index < -0.39 is 0 Å². The van der Waals surface area contributed by atoms with Gasteiger partial charge in [-0.25, -0.2) is 0 Å². The van der Waals surface area contributed by atoms with Crippen molar-refractivity contribution in [1.82, 2.24) is 15.1 Å². The Balaban J connectivity index is 1.48. The summed E-state index contributed by atoms with van der Waals surface area (Å²) in [5.41, 5.74) is 2.36. The average Bonchev–Trinajstić information content (AvgIpc) is 3.47. The van der Waals surface area contributed by atoms with Crippen LogP contribution in [0.5, 0.6) is 0 Å². The highest BCUT2D eigenvalue weighted by Gasteiger charge is 2.23. The molecule has 2 aromatic rings. The van der Waals surface area contributed by atoms with Crippen molar-refractivity contribution in [3.05, 3.63) is 56.7 Å². The Morgan fingerprint density at radius 2 is 1.88 bits per heavy atom. The summed E-state index contributed by atoms with van der Waals surface area (Å²) in [7, 11) is 1.83. The van der Waals surface area contributed by atoms with Gasteiger partial charge in [-0.05, 0) is 42.9 Å². The second kappa shape index (κ2) is 11.4. The van der Waals surface area contributed by atoms with Crippen LogP contribution >= 0.6 is 22.9 Å². The first kappa shape index (κ1) is 24.2. The third kappa shape index (κ3) is 6.31. The quantitative estimate of drug-likeness (QED) is 0.567. The lowest BCUT2D eigenvalue weighted by molar-refractivity contribution is 0.0755. The zero-order valence-electron chi connectivity index (χ0n) is 18.6. The number of halogens is 1. The minimum absolute atomic E-state index is 0.00239. The van der Waals surface area contributed by atoms with Crippen molar-refractivity contribution < 1.29 is 14.4 Å². The van der Waals surface area contributed by atoms with Crippen LogP contribution in [0.25, 0.3) is 0 Å². The molecule has 2 amide bonds. The minimum Gasteiger partial charge on any atom is -0.390 e. The SMILES string of the molecule is CCN(CC)CCN(C)C(=O)c1ccc(C2=NOC(CNC(=O)c3ccc(Cl)s3)C2)cc1. The van der Waals surface area contributed by atoms with Gasteiger partial charge in [-0.2, -0.15) is 0 Å². The number of carbonyl (C=O) groups is 2. The highest BCUT2D eigenvalue weighted by molar-refractivity contribution is 7.18. The fraction of sp³-hybridized carbons (Fsp3) is 0.435. The Hall–Kier alpha value is -2.42. The molecule has 0 fully saturated rings. The number of benzene rings is 1. The minimum atomic E-state index is -0.225. The summed E-state index contributed by atoms with van der Waals surface area (Å²) in [4.78, 5) is 34.9. The van der Waals surface area contributed by atoms with Gasteiger partial charge in [0, 0.05) is 32.1 Å². The average molecular weight is 477 g/mol. The van der Waals surface area contributed by atoms with Crippen LogP contribution in [0.15, 0.2) is 41.6 Å². The number of nitrogens with one attached hydrogen (secondary N) is 1. The van der Waals surface area contributed by atoms with E-state index in [4.69, 9.17) is 16.4 Å². The van der Waals surface area contributed by atoms with Crippen molar-refractivity contribution in [2.45, 2.75) is 26.4 Å². The number of rotatable bonds is 10. The molecule has 2 heterocycles. The molecule has 3 rings (SSSR count). The first-order valence-electron chi connectivity index (χ1n) is 10.8. The first-order valence-corrected chi connectivity index (χ1v) is 11.9. The van der Waals surface area contributed by atoms with Gasteiger partial charge in [0.25, 0.3) is 11.8 Å². The molecule has 7 nitrogen and oxygen atoms in total. The standard InChI is InChI=1S/C23H29ClN4O3S/c1-4-28(5-2)13-12-27(3)23(30)17-8-6-16(7-9-17)19-14-18(31-26-19)15-25-22(29)20-10-11-21(24)32-20/h6-11,18H,4-5,12-15H2,1-3H3,(H,25,29). The monoisotopic (exact) mass is 476 g/mol. The van der Waals surface area contributed by atoms with Crippen molar-refractivity contribution >= 4 is 40.5 Å². The molecule has 0 saturated heterocycles. The van der Waals surface area contributed by atoms with Gasteiger partial charge in [0.2, 0.25) is 0 Å². The van der Waals surface area contributed by atoms with E-state index in [1.165, 1.54) is 11.3 Å². The third-order valence-electron chi connectivity index (χ3n) is 5.48. The molecule has 1 aromatic heterocycles. The Labute approximate surface area is 198 Å². The van der Waals surface area contributed by atoms with Crippen LogP contribution in [0, 0.1) is 0 Å². The first-order chi connectivity index (χ1) is 15.4. The number of nitrogens with zero attached hydrogens (tertiary/aromatic N) is 3. The van der Waals surface area contributed by atoms with E-state index in [1.807, 2.05) is 31.3 Å². The third-order valence-corrected chi connectivity index (χ3v) is 6.71. The number of carbonyl (C=O) groups excluding carboxylic acids is 2. The summed E-state index contributed by atoms with van der Waals surface area (Å²) in [6.45, 7) is 8.10. The lowest BCUT2D eigenvalue weighted by Gasteiger charge is -2.23. The molecule has 0 aliphatic carbocycles. The molecular weight excluding hydrogens is 448 g/mol. The highest BCUT2D eigenvalue weighted by atomic mass is 35.5. The molecule has 32 heavy (non-hydrogen) atoms. The molecule has 0 bridgehead atoms. The number of oxime groups is 1. The molecular formula is C23H29ClN4O3S. The lowest BCUT2D eigenvalue weighted by Crippen LogP contribution is -2.36. The predicted octanol–water partition coefficient (Wildman–Crippen LogP) is 3.74. The highest BCUT2D eigenvalue weighted by Crippen LogP contribution is 2.22. The fourth-order valence-electron chi connectivity index (χ4n) is 3.40. The predicted molar refractivity (Wildman–Crippen MR) is 129 cm³/mol. The number of hydrogen-bond acceptors (Lipinski definition) is 6. The fourth-order valence-corrected chi connectivity index (χ4v) is 4.36. The summed E-state index contributed by atoms with van der Waals surface area (Å²) in [6.07, 6.45) is 0.361. The Morgan fingerprint density at radius 3 is 2.50 bits per heavy atom. The van der Waals surface area contributed by atoms with Gasteiger partial charge in [0.1, 0.15) is 6.10 Å². The van der Waals surface area contributed by atoms with Gasteiger partial charge < -0.3 is 20.0 Å². The van der Waals surface area contributed by atoms with Crippen LogP contribution in [0.3, 0.4) is 0 Å². The summed E-state index contributed by atoms with van der Waals surface area (Å²) >= 11 is 7.11. The van der Waals surface area contributed by atoms with Crippen molar-refractivity contribution in [2.24, 2.45) is 5.16 Å². The Bertz CT molecular complexity index is 956. The van der Waals surface area contributed by atoms with Gasteiger partial charge in [-0.15, -0.1) is 11.3 Å². The van der Waals surface area contributed by atoms with Crippen molar-refractivity contribution in [3.63, 3.8) is 0 Å². The molecule has 1 aromatic carbocycles. The number of likely N-dealkylation sites (N-methyl/N-ethyl adjacent to an activating group) is 2. The lowest BCUT2D eigenvalue weighted by atomic mass is 10.0. The second-order valence-corrected chi connectivity index (χ2v) is 9.33. The normalized spacial score (nSPS) is 15.4. The number of amides is 2. The molecule has 1 unspecified atom stereocenters. The van der Waals surface area contributed by atoms with E-state index in [0.717, 1.165) is 30.9 Å². The molecule has 0 radical (unpaired) electrons. The van der Waals surface area contributed by atoms with Crippen LogP contribution in [-0.4, -0.2) is 73.2 Å². The van der Waals surface area contributed by atoms with E-state index in [1.54, 1.807) is 17.0 Å². The van der Waals surface area contributed by atoms with Gasteiger partial charge in [0.05, 0.1) is 21.5 Å². The van der Waals surface area contributed by atoms with Crippen LogP contribution in [0.1, 0.15) is 45.9 Å². The molecule has 9 heteroatoms. The van der Waals surface area contributed by atoms with Crippen LogP contribution in [-0.2, 0) is 4.84 Å². The number of hydrogen-bond donors (Lipinski definition) is 1. The molecule has 1 atom stereocenters. The van der Waals surface area contributed by atoms with Crippen molar-refractivity contribution in [3.8, 4) is 0 Å². The maximum absolute atomic E-state index is 12.7. The van der Waals surface area contributed by atoms with Gasteiger partial charge in [0.15, 0.2) is 0 Å². The topological polar surface area (TPSA) is 74.2 Å². The van der Waals surface area contributed by atoms with E-state index in [0.29, 0.717) is 34.3 Å². The molecule has 172 valence electrons. The Kier molecular flexibility index (Phi) is 8.67. The van der Waals surface area contributed by atoms with Gasteiger partial charge in [-0.3, -0.25) is 9.59 Å². The molecule has 1 aliphatic rings. The van der Waals surface area contributed by atoms with Crippen LogP contribution in [0.4, 0.5) is 0 Å². The van der Waals surface area contributed by atoms with Crippen LogP contribution < -0.4 is 5.32 Å². The van der Waals surface area contributed by atoms with E-state index in [2.05, 4.69) is 29.2 Å².